The molecule has 3 aliphatic rings. The average molecular weight is 314 g/mol. The van der Waals surface area contributed by atoms with Crippen molar-refractivity contribution in [2.75, 3.05) is 19.3 Å². The summed E-state index contributed by atoms with van der Waals surface area (Å²) in [6.45, 7) is 0.696. The van der Waals surface area contributed by atoms with Gasteiger partial charge >= 0.3 is 0 Å². The van der Waals surface area contributed by atoms with Gasteiger partial charge in [-0.25, -0.2) is 13.1 Å². The normalized spacial score (nSPS) is 35.6. The SMILES string of the molecule is CS(=O)(=O)NCC(=O)N1CCC[C@H]1C[C@H]1C[C@H]2CC[C@H]1C2. The van der Waals surface area contributed by atoms with E-state index < -0.39 is 10.0 Å². The molecule has 2 bridgehead atoms. The van der Waals surface area contributed by atoms with Crippen molar-refractivity contribution in [1.29, 1.82) is 0 Å². The molecular weight excluding hydrogens is 288 g/mol. The van der Waals surface area contributed by atoms with E-state index in [-0.39, 0.29) is 12.5 Å². The maximum absolute atomic E-state index is 12.2. The van der Waals surface area contributed by atoms with E-state index in [1.165, 1.54) is 25.7 Å². The van der Waals surface area contributed by atoms with Gasteiger partial charge in [0.25, 0.3) is 0 Å². The van der Waals surface area contributed by atoms with Crippen LogP contribution in [0.15, 0.2) is 0 Å². The van der Waals surface area contributed by atoms with Crippen LogP contribution in [0.25, 0.3) is 0 Å². The topological polar surface area (TPSA) is 66.5 Å². The van der Waals surface area contributed by atoms with Crippen LogP contribution in [0.2, 0.25) is 0 Å². The molecule has 0 aromatic carbocycles. The first-order valence-electron chi connectivity index (χ1n) is 8.16. The molecular formula is C15H26N2O3S. The molecule has 2 saturated carbocycles. The van der Waals surface area contributed by atoms with Crippen molar-refractivity contribution in [3.8, 4) is 0 Å². The highest BCUT2D eigenvalue weighted by molar-refractivity contribution is 7.88. The van der Waals surface area contributed by atoms with E-state index in [0.29, 0.717) is 6.04 Å². The molecule has 3 rings (SSSR count). The number of amides is 1. The first kappa shape index (κ1) is 15.3. The molecule has 0 spiro atoms. The Labute approximate surface area is 127 Å². The van der Waals surface area contributed by atoms with Crippen LogP contribution in [0, 0.1) is 17.8 Å². The van der Waals surface area contributed by atoms with Gasteiger partial charge in [0.1, 0.15) is 0 Å². The molecule has 0 radical (unpaired) electrons. The number of hydrogen-bond acceptors (Lipinski definition) is 3. The van der Waals surface area contributed by atoms with E-state index in [1.807, 2.05) is 4.90 Å². The predicted molar refractivity (Wildman–Crippen MR) is 81.1 cm³/mol. The smallest absolute Gasteiger partial charge is 0.237 e. The van der Waals surface area contributed by atoms with Gasteiger partial charge in [-0.1, -0.05) is 6.42 Å². The number of hydrogen-bond donors (Lipinski definition) is 1. The summed E-state index contributed by atoms with van der Waals surface area (Å²) in [5, 5.41) is 0. The minimum atomic E-state index is -3.29. The molecule has 0 aromatic heterocycles. The number of rotatable bonds is 5. The van der Waals surface area contributed by atoms with E-state index in [2.05, 4.69) is 4.72 Å². The van der Waals surface area contributed by atoms with Gasteiger partial charge in [-0.2, -0.15) is 0 Å². The van der Waals surface area contributed by atoms with E-state index in [9.17, 15) is 13.2 Å². The highest BCUT2D eigenvalue weighted by Gasteiger charge is 2.41. The largest absolute Gasteiger partial charge is 0.339 e. The van der Waals surface area contributed by atoms with Crippen molar-refractivity contribution < 1.29 is 13.2 Å². The second-order valence-electron chi connectivity index (χ2n) is 7.15. The van der Waals surface area contributed by atoms with Crippen molar-refractivity contribution in [2.45, 2.75) is 51.0 Å². The first-order valence-corrected chi connectivity index (χ1v) is 10.1. The molecule has 3 fully saturated rings. The van der Waals surface area contributed by atoms with E-state index >= 15 is 0 Å². The monoisotopic (exact) mass is 314 g/mol. The summed E-state index contributed by atoms with van der Waals surface area (Å²) in [6, 6.07) is 0.336. The summed E-state index contributed by atoms with van der Waals surface area (Å²) < 4.78 is 24.6. The zero-order valence-corrected chi connectivity index (χ0v) is 13.6. The van der Waals surface area contributed by atoms with Crippen LogP contribution in [0.4, 0.5) is 0 Å². The zero-order chi connectivity index (χ0) is 15.0. The van der Waals surface area contributed by atoms with Gasteiger partial charge in [0.05, 0.1) is 12.8 Å². The molecule has 0 unspecified atom stereocenters. The van der Waals surface area contributed by atoms with E-state index in [4.69, 9.17) is 0 Å². The Bertz CT molecular complexity index is 505. The molecule has 21 heavy (non-hydrogen) atoms. The number of sulfonamides is 1. The quantitative estimate of drug-likeness (QED) is 0.833. The van der Waals surface area contributed by atoms with E-state index in [1.54, 1.807) is 0 Å². The fourth-order valence-corrected chi connectivity index (χ4v) is 5.10. The van der Waals surface area contributed by atoms with Gasteiger partial charge in [0, 0.05) is 12.6 Å². The second kappa shape index (κ2) is 5.88. The Morgan fingerprint density at radius 3 is 2.67 bits per heavy atom. The molecule has 4 atom stereocenters. The van der Waals surface area contributed by atoms with Crippen LogP contribution in [0.5, 0.6) is 0 Å². The lowest BCUT2D eigenvalue weighted by Crippen LogP contribution is -2.43. The molecule has 6 heteroatoms. The summed E-state index contributed by atoms with van der Waals surface area (Å²) in [5.41, 5.74) is 0. The van der Waals surface area contributed by atoms with Gasteiger partial charge in [-0.3, -0.25) is 4.79 Å². The Kier molecular flexibility index (Phi) is 4.28. The third kappa shape index (κ3) is 3.59. The second-order valence-corrected chi connectivity index (χ2v) is 8.98. The zero-order valence-electron chi connectivity index (χ0n) is 12.8. The van der Waals surface area contributed by atoms with Crippen molar-refractivity contribution >= 4 is 15.9 Å². The summed E-state index contributed by atoms with van der Waals surface area (Å²) in [5.74, 6) is 2.57. The lowest BCUT2D eigenvalue weighted by molar-refractivity contribution is -0.131. The Balaban J connectivity index is 1.54. The highest BCUT2D eigenvalue weighted by atomic mass is 32.2. The lowest BCUT2D eigenvalue weighted by atomic mass is 9.83. The van der Waals surface area contributed by atoms with Gasteiger partial charge in [0.2, 0.25) is 15.9 Å². The summed E-state index contributed by atoms with van der Waals surface area (Å²) in [6.07, 6.45) is 9.90. The van der Waals surface area contributed by atoms with Gasteiger partial charge in [-0.15, -0.1) is 0 Å². The summed E-state index contributed by atoms with van der Waals surface area (Å²) >= 11 is 0. The number of fused-ring (bicyclic) bond motifs is 2. The molecule has 0 aromatic rings. The third-order valence-electron chi connectivity index (χ3n) is 5.64. The summed E-state index contributed by atoms with van der Waals surface area (Å²) in [4.78, 5) is 14.2. The van der Waals surface area contributed by atoms with Crippen molar-refractivity contribution in [3.05, 3.63) is 0 Å². The Hall–Kier alpha value is -0.620. The van der Waals surface area contributed by atoms with Crippen LogP contribution >= 0.6 is 0 Å². The minimum Gasteiger partial charge on any atom is -0.339 e. The molecule has 1 amide bonds. The fourth-order valence-electron chi connectivity index (χ4n) is 4.72. The Morgan fingerprint density at radius 2 is 2.05 bits per heavy atom. The molecule has 1 heterocycles. The predicted octanol–water partition coefficient (Wildman–Crippen LogP) is 1.35. The molecule has 1 aliphatic heterocycles. The van der Waals surface area contributed by atoms with Gasteiger partial charge < -0.3 is 4.90 Å². The number of likely N-dealkylation sites (tertiary alicyclic amines) is 1. The first-order chi connectivity index (χ1) is 9.92. The standard InChI is InChI=1S/C15H26N2O3S/c1-21(19,20)16-10-15(18)17-6-2-3-14(17)9-13-8-11-4-5-12(13)7-11/h11-14,16H,2-10H2,1H3/t11-,12-,13+,14-/m0/s1. The maximum Gasteiger partial charge on any atom is 0.237 e. The van der Waals surface area contributed by atoms with Crippen molar-refractivity contribution in [2.24, 2.45) is 17.8 Å². The average Bonchev–Trinajstić information content (AvgIpc) is 3.11. The van der Waals surface area contributed by atoms with Gasteiger partial charge in [-0.05, 0) is 56.3 Å². The molecule has 1 N–H and O–H groups in total. The highest BCUT2D eigenvalue weighted by Crippen LogP contribution is 2.50. The lowest BCUT2D eigenvalue weighted by Gasteiger charge is -2.30. The fraction of sp³-hybridized carbons (Fsp3) is 0.933. The molecule has 2 aliphatic carbocycles. The molecule has 120 valence electrons. The minimum absolute atomic E-state index is 0.0638. The summed E-state index contributed by atoms with van der Waals surface area (Å²) in [7, 11) is -3.29. The van der Waals surface area contributed by atoms with Crippen LogP contribution in [0.3, 0.4) is 0 Å². The third-order valence-corrected chi connectivity index (χ3v) is 6.31. The maximum atomic E-state index is 12.2. The Morgan fingerprint density at radius 1 is 1.24 bits per heavy atom. The number of carbonyl (C=O) groups is 1. The molecule has 5 nitrogen and oxygen atoms in total. The van der Waals surface area contributed by atoms with Gasteiger partial charge in [0.15, 0.2) is 0 Å². The van der Waals surface area contributed by atoms with Crippen molar-refractivity contribution in [3.63, 3.8) is 0 Å². The number of carbonyl (C=O) groups excluding carboxylic acids is 1. The van der Waals surface area contributed by atoms with Crippen molar-refractivity contribution in [1.82, 2.24) is 9.62 Å². The van der Waals surface area contributed by atoms with Crippen LogP contribution in [0.1, 0.15) is 44.9 Å². The van der Waals surface area contributed by atoms with E-state index in [0.717, 1.165) is 49.8 Å². The van der Waals surface area contributed by atoms with Crippen LogP contribution in [-0.4, -0.2) is 44.6 Å². The van der Waals surface area contributed by atoms with Crippen LogP contribution in [-0.2, 0) is 14.8 Å². The number of nitrogens with one attached hydrogen (secondary N) is 1. The number of nitrogens with zero attached hydrogens (tertiary/aromatic N) is 1. The van der Waals surface area contributed by atoms with Crippen LogP contribution < -0.4 is 4.72 Å². The molecule has 1 saturated heterocycles.